The van der Waals surface area contributed by atoms with Crippen LogP contribution in [0.4, 0.5) is 8.78 Å². The highest BCUT2D eigenvalue weighted by Gasteiger charge is 2.13. The molecular formula is C16H14F2N2. The Labute approximate surface area is 115 Å². The summed E-state index contributed by atoms with van der Waals surface area (Å²) in [5, 5.41) is 5.29. The van der Waals surface area contributed by atoms with E-state index in [4.69, 9.17) is 0 Å². The quantitative estimate of drug-likeness (QED) is 0.651. The van der Waals surface area contributed by atoms with E-state index in [9.17, 15) is 8.78 Å². The van der Waals surface area contributed by atoms with Gasteiger partial charge in [-0.1, -0.05) is 12.1 Å². The predicted octanol–water partition coefficient (Wildman–Crippen LogP) is 4.14. The van der Waals surface area contributed by atoms with Crippen LogP contribution in [-0.2, 0) is 7.05 Å². The highest BCUT2D eigenvalue weighted by molar-refractivity contribution is 5.96. The minimum atomic E-state index is -0.530. The normalized spacial score (nSPS) is 11.2. The minimum Gasteiger partial charge on any atom is -0.275 e. The first-order chi connectivity index (χ1) is 9.47. The maximum atomic E-state index is 13.7. The van der Waals surface area contributed by atoms with Gasteiger partial charge in [-0.15, -0.1) is 0 Å². The topological polar surface area (TPSA) is 17.8 Å². The first-order valence-electron chi connectivity index (χ1n) is 6.36. The van der Waals surface area contributed by atoms with E-state index in [1.165, 1.54) is 19.1 Å². The molecule has 0 aliphatic carbocycles. The zero-order valence-corrected chi connectivity index (χ0v) is 11.5. The van der Waals surface area contributed by atoms with Gasteiger partial charge in [0, 0.05) is 24.2 Å². The third-order valence-corrected chi connectivity index (χ3v) is 3.58. The van der Waals surface area contributed by atoms with Crippen molar-refractivity contribution in [2.75, 3.05) is 0 Å². The maximum absolute atomic E-state index is 13.7. The van der Waals surface area contributed by atoms with E-state index in [0.717, 1.165) is 22.0 Å². The van der Waals surface area contributed by atoms with Crippen LogP contribution in [0, 0.1) is 25.5 Å². The standard InChI is InChI=1S/C16H14F2N2/c1-9-4-5-12(13-8-20(3)19-16(9)13)11-6-14(17)10(2)15(18)7-11/h4-8H,1-3H3. The second-order valence-electron chi connectivity index (χ2n) is 5.06. The SMILES string of the molecule is Cc1c(F)cc(-c2ccc(C)c3nn(C)cc23)cc1F. The van der Waals surface area contributed by atoms with Crippen molar-refractivity contribution in [3.05, 3.63) is 53.2 Å². The van der Waals surface area contributed by atoms with E-state index in [1.54, 1.807) is 4.68 Å². The van der Waals surface area contributed by atoms with Crippen LogP contribution in [0.3, 0.4) is 0 Å². The van der Waals surface area contributed by atoms with Crippen LogP contribution >= 0.6 is 0 Å². The van der Waals surface area contributed by atoms with Crippen molar-refractivity contribution in [2.24, 2.45) is 7.05 Å². The number of rotatable bonds is 1. The molecule has 102 valence electrons. The fraction of sp³-hybridized carbons (Fsp3) is 0.188. The molecule has 0 saturated carbocycles. The second kappa shape index (κ2) is 4.40. The number of fused-ring (bicyclic) bond motifs is 1. The molecule has 0 N–H and O–H groups in total. The monoisotopic (exact) mass is 272 g/mol. The highest BCUT2D eigenvalue weighted by Crippen LogP contribution is 2.31. The summed E-state index contributed by atoms with van der Waals surface area (Å²) in [7, 11) is 1.83. The van der Waals surface area contributed by atoms with Crippen LogP contribution in [0.1, 0.15) is 11.1 Å². The number of aryl methyl sites for hydroxylation is 2. The molecule has 4 heteroatoms. The van der Waals surface area contributed by atoms with E-state index in [-0.39, 0.29) is 5.56 Å². The van der Waals surface area contributed by atoms with Gasteiger partial charge < -0.3 is 0 Å². The molecule has 2 nitrogen and oxygen atoms in total. The van der Waals surface area contributed by atoms with E-state index in [1.807, 2.05) is 32.3 Å². The number of benzene rings is 2. The van der Waals surface area contributed by atoms with Crippen molar-refractivity contribution in [1.29, 1.82) is 0 Å². The van der Waals surface area contributed by atoms with Crippen LogP contribution in [-0.4, -0.2) is 9.78 Å². The fourth-order valence-corrected chi connectivity index (χ4v) is 2.41. The van der Waals surface area contributed by atoms with Gasteiger partial charge in [0.25, 0.3) is 0 Å². The van der Waals surface area contributed by atoms with Gasteiger partial charge in [-0.25, -0.2) is 8.78 Å². The summed E-state index contributed by atoms with van der Waals surface area (Å²) in [5.41, 5.74) is 3.26. The van der Waals surface area contributed by atoms with E-state index >= 15 is 0 Å². The van der Waals surface area contributed by atoms with Crippen molar-refractivity contribution in [2.45, 2.75) is 13.8 Å². The molecule has 0 amide bonds. The number of aromatic nitrogens is 2. The van der Waals surface area contributed by atoms with Crippen LogP contribution in [0.2, 0.25) is 0 Å². The lowest BCUT2D eigenvalue weighted by Crippen LogP contribution is -1.91. The number of nitrogens with zero attached hydrogens (tertiary/aromatic N) is 2. The van der Waals surface area contributed by atoms with Gasteiger partial charge in [0.15, 0.2) is 0 Å². The molecule has 0 fully saturated rings. The third kappa shape index (κ3) is 1.88. The number of hydrogen-bond acceptors (Lipinski definition) is 1. The first kappa shape index (κ1) is 12.8. The summed E-state index contributed by atoms with van der Waals surface area (Å²) < 4.78 is 29.2. The average Bonchev–Trinajstić information content (AvgIpc) is 2.78. The van der Waals surface area contributed by atoms with Crippen LogP contribution < -0.4 is 0 Å². The van der Waals surface area contributed by atoms with Crippen molar-refractivity contribution in [1.82, 2.24) is 9.78 Å². The van der Waals surface area contributed by atoms with Crippen molar-refractivity contribution >= 4 is 10.9 Å². The summed E-state index contributed by atoms with van der Waals surface area (Å²) in [6, 6.07) is 6.54. The summed E-state index contributed by atoms with van der Waals surface area (Å²) in [6.07, 6.45) is 1.87. The molecule has 3 rings (SSSR count). The van der Waals surface area contributed by atoms with Gasteiger partial charge in [0.05, 0.1) is 5.52 Å². The molecule has 0 spiro atoms. The largest absolute Gasteiger partial charge is 0.275 e. The molecule has 20 heavy (non-hydrogen) atoms. The molecule has 0 atom stereocenters. The van der Waals surface area contributed by atoms with Crippen molar-refractivity contribution in [3.63, 3.8) is 0 Å². The molecule has 0 saturated heterocycles. The van der Waals surface area contributed by atoms with E-state index in [2.05, 4.69) is 5.10 Å². The van der Waals surface area contributed by atoms with Gasteiger partial charge in [0.1, 0.15) is 11.6 Å². The van der Waals surface area contributed by atoms with Crippen LogP contribution in [0.5, 0.6) is 0 Å². The summed E-state index contributed by atoms with van der Waals surface area (Å²) in [5.74, 6) is -1.06. The van der Waals surface area contributed by atoms with Crippen molar-refractivity contribution in [3.8, 4) is 11.1 Å². The molecule has 3 aromatic rings. The van der Waals surface area contributed by atoms with Gasteiger partial charge >= 0.3 is 0 Å². The fourth-order valence-electron chi connectivity index (χ4n) is 2.41. The van der Waals surface area contributed by atoms with Gasteiger partial charge in [-0.3, -0.25) is 4.68 Å². The van der Waals surface area contributed by atoms with Gasteiger partial charge in [0.2, 0.25) is 0 Å². The van der Waals surface area contributed by atoms with Crippen molar-refractivity contribution < 1.29 is 8.78 Å². The van der Waals surface area contributed by atoms with Crippen LogP contribution in [0.25, 0.3) is 22.0 Å². The number of halogens is 2. The molecular weight excluding hydrogens is 258 g/mol. The minimum absolute atomic E-state index is 0.0447. The molecule has 2 aromatic carbocycles. The van der Waals surface area contributed by atoms with E-state index < -0.39 is 11.6 Å². The Hall–Kier alpha value is -2.23. The zero-order chi connectivity index (χ0) is 14.4. The third-order valence-electron chi connectivity index (χ3n) is 3.58. The summed E-state index contributed by atoms with van der Waals surface area (Å²) in [6.45, 7) is 3.40. The molecule has 0 aliphatic rings. The first-order valence-corrected chi connectivity index (χ1v) is 6.36. The lowest BCUT2D eigenvalue weighted by Gasteiger charge is -2.07. The lowest BCUT2D eigenvalue weighted by molar-refractivity contribution is 0.569. The smallest absolute Gasteiger partial charge is 0.129 e. The van der Waals surface area contributed by atoms with Crippen LogP contribution in [0.15, 0.2) is 30.5 Å². The highest BCUT2D eigenvalue weighted by atomic mass is 19.1. The molecule has 0 radical (unpaired) electrons. The molecule has 0 unspecified atom stereocenters. The summed E-state index contributed by atoms with van der Waals surface area (Å²) in [4.78, 5) is 0. The molecule has 0 bridgehead atoms. The average molecular weight is 272 g/mol. The second-order valence-corrected chi connectivity index (χ2v) is 5.06. The Balaban J connectivity index is 2.32. The summed E-state index contributed by atoms with van der Waals surface area (Å²) >= 11 is 0. The molecule has 1 aromatic heterocycles. The predicted molar refractivity (Wildman–Crippen MR) is 75.5 cm³/mol. The molecule has 0 aliphatic heterocycles. The Kier molecular flexibility index (Phi) is 2.82. The lowest BCUT2D eigenvalue weighted by atomic mass is 9.98. The molecule has 1 heterocycles. The zero-order valence-electron chi connectivity index (χ0n) is 11.5. The van der Waals surface area contributed by atoms with Gasteiger partial charge in [-0.2, -0.15) is 5.10 Å². The maximum Gasteiger partial charge on any atom is 0.129 e. The Morgan fingerprint density at radius 3 is 2.35 bits per heavy atom. The van der Waals surface area contributed by atoms with E-state index in [0.29, 0.717) is 5.56 Å². The van der Waals surface area contributed by atoms with Gasteiger partial charge in [-0.05, 0) is 42.7 Å². The number of hydrogen-bond donors (Lipinski definition) is 0. The Morgan fingerprint density at radius 2 is 1.70 bits per heavy atom. The Bertz CT molecular complexity index is 796. The Morgan fingerprint density at radius 1 is 1.05 bits per heavy atom.